The molecule has 106 valence electrons. The predicted octanol–water partition coefficient (Wildman–Crippen LogP) is 3.86. The van der Waals surface area contributed by atoms with E-state index in [0.29, 0.717) is 24.0 Å². The molecule has 1 aromatic carbocycles. The third kappa shape index (κ3) is 4.31. The molecule has 0 amide bonds. The van der Waals surface area contributed by atoms with E-state index in [1.54, 1.807) is 0 Å². The van der Waals surface area contributed by atoms with Crippen molar-refractivity contribution in [2.45, 2.75) is 26.7 Å². The van der Waals surface area contributed by atoms with Crippen molar-refractivity contribution in [3.05, 3.63) is 22.7 Å². The Labute approximate surface area is 118 Å². The number of hydrogen-bond acceptors (Lipinski definition) is 3. The monoisotopic (exact) mass is 286 g/mol. The number of carbonyl (C=O) groups is 1. The molecule has 5 heteroatoms. The molecule has 0 aliphatic heterocycles. The van der Waals surface area contributed by atoms with E-state index in [1.807, 2.05) is 0 Å². The molecule has 1 atom stereocenters. The van der Waals surface area contributed by atoms with Crippen molar-refractivity contribution in [3.8, 4) is 11.5 Å². The van der Waals surface area contributed by atoms with E-state index in [-0.39, 0.29) is 10.6 Å². The quantitative estimate of drug-likeness (QED) is 0.827. The highest BCUT2D eigenvalue weighted by molar-refractivity contribution is 6.32. The number of ether oxygens (including phenoxy) is 2. The number of methoxy groups -OCH3 is 1. The van der Waals surface area contributed by atoms with Crippen LogP contribution in [0.4, 0.5) is 0 Å². The highest BCUT2D eigenvalue weighted by Gasteiger charge is 2.16. The van der Waals surface area contributed by atoms with Crippen molar-refractivity contribution in [2.75, 3.05) is 13.7 Å². The summed E-state index contributed by atoms with van der Waals surface area (Å²) in [5.74, 6) is 0.0988. The fraction of sp³-hybridized carbons (Fsp3) is 0.500. The van der Waals surface area contributed by atoms with Crippen LogP contribution in [0.2, 0.25) is 5.02 Å². The Hall–Kier alpha value is -1.42. The van der Waals surface area contributed by atoms with Crippen molar-refractivity contribution in [3.63, 3.8) is 0 Å². The first-order valence-electron chi connectivity index (χ1n) is 6.23. The summed E-state index contributed by atoms with van der Waals surface area (Å²) in [4.78, 5) is 10.9. The first-order valence-corrected chi connectivity index (χ1v) is 6.61. The van der Waals surface area contributed by atoms with Crippen molar-refractivity contribution >= 4 is 17.6 Å². The Balaban J connectivity index is 2.91. The lowest BCUT2D eigenvalue weighted by Crippen LogP contribution is -2.09. The van der Waals surface area contributed by atoms with Crippen molar-refractivity contribution in [1.29, 1.82) is 0 Å². The third-order valence-corrected chi connectivity index (χ3v) is 3.05. The van der Waals surface area contributed by atoms with Crippen LogP contribution >= 0.6 is 11.6 Å². The van der Waals surface area contributed by atoms with Crippen LogP contribution in [0, 0.1) is 5.92 Å². The first kappa shape index (κ1) is 15.6. The smallest absolute Gasteiger partial charge is 0.335 e. The summed E-state index contributed by atoms with van der Waals surface area (Å²) >= 11 is 6.05. The van der Waals surface area contributed by atoms with Gasteiger partial charge in [0.25, 0.3) is 0 Å². The van der Waals surface area contributed by atoms with E-state index in [4.69, 9.17) is 26.2 Å². The molecule has 1 unspecified atom stereocenters. The fourth-order valence-corrected chi connectivity index (χ4v) is 2.05. The van der Waals surface area contributed by atoms with Gasteiger partial charge in [-0.25, -0.2) is 4.79 Å². The molecule has 19 heavy (non-hydrogen) atoms. The molecule has 1 rings (SSSR count). The average Bonchev–Trinajstić information content (AvgIpc) is 2.36. The van der Waals surface area contributed by atoms with E-state index in [1.165, 1.54) is 19.2 Å². The van der Waals surface area contributed by atoms with Gasteiger partial charge in [-0.1, -0.05) is 31.9 Å². The normalized spacial score (nSPS) is 12.0. The van der Waals surface area contributed by atoms with Crippen molar-refractivity contribution in [2.24, 2.45) is 5.92 Å². The lowest BCUT2D eigenvalue weighted by atomic mass is 10.1. The molecule has 4 nitrogen and oxygen atoms in total. The van der Waals surface area contributed by atoms with Crippen LogP contribution in [0.1, 0.15) is 37.0 Å². The maximum absolute atomic E-state index is 10.9. The SMILES string of the molecule is CCCC(C)COc1c(Cl)cc(C(=O)O)cc1OC. The highest BCUT2D eigenvalue weighted by atomic mass is 35.5. The number of rotatable bonds is 7. The minimum Gasteiger partial charge on any atom is -0.493 e. The summed E-state index contributed by atoms with van der Waals surface area (Å²) in [7, 11) is 1.46. The van der Waals surface area contributed by atoms with Crippen LogP contribution < -0.4 is 9.47 Å². The summed E-state index contributed by atoms with van der Waals surface area (Å²) in [5.41, 5.74) is 0.0795. The molecule has 0 spiro atoms. The minimum atomic E-state index is -1.05. The lowest BCUT2D eigenvalue weighted by molar-refractivity contribution is 0.0696. The second-order valence-corrected chi connectivity index (χ2v) is 4.91. The van der Waals surface area contributed by atoms with E-state index < -0.39 is 5.97 Å². The van der Waals surface area contributed by atoms with Gasteiger partial charge in [0.1, 0.15) is 0 Å². The molecule has 0 aromatic heterocycles. The van der Waals surface area contributed by atoms with Crippen molar-refractivity contribution in [1.82, 2.24) is 0 Å². The summed E-state index contributed by atoms with van der Waals surface area (Å²) in [6, 6.07) is 2.78. The number of halogens is 1. The Morgan fingerprint density at radius 2 is 2.16 bits per heavy atom. The van der Waals surface area contributed by atoms with Crippen LogP contribution in [0.15, 0.2) is 12.1 Å². The molecular weight excluding hydrogens is 268 g/mol. The molecule has 0 aliphatic carbocycles. The minimum absolute atomic E-state index is 0.0795. The topological polar surface area (TPSA) is 55.8 Å². The third-order valence-electron chi connectivity index (χ3n) is 2.77. The maximum atomic E-state index is 10.9. The van der Waals surface area contributed by atoms with E-state index in [2.05, 4.69) is 13.8 Å². The Kier molecular flexibility index (Phi) is 5.96. The molecule has 0 saturated carbocycles. The van der Waals surface area contributed by atoms with Gasteiger partial charge in [-0.3, -0.25) is 0 Å². The second-order valence-electron chi connectivity index (χ2n) is 4.50. The number of hydrogen-bond donors (Lipinski definition) is 1. The molecule has 0 aliphatic rings. The Bertz CT molecular complexity index is 445. The number of benzene rings is 1. The van der Waals surface area contributed by atoms with Crippen molar-refractivity contribution < 1.29 is 19.4 Å². The van der Waals surface area contributed by atoms with Crippen LogP contribution in [0.5, 0.6) is 11.5 Å². The van der Waals surface area contributed by atoms with Crippen LogP contribution in [-0.2, 0) is 0 Å². The summed E-state index contributed by atoms with van der Waals surface area (Å²) in [6.07, 6.45) is 2.15. The maximum Gasteiger partial charge on any atom is 0.335 e. The van der Waals surface area contributed by atoms with Gasteiger partial charge >= 0.3 is 5.97 Å². The van der Waals surface area contributed by atoms with Crippen LogP contribution in [0.25, 0.3) is 0 Å². The van der Waals surface area contributed by atoms with E-state index in [9.17, 15) is 4.79 Å². The van der Waals surface area contributed by atoms with Gasteiger partial charge < -0.3 is 14.6 Å². The van der Waals surface area contributed by atoms with Gasteiger partial charge in [0.2, 0.25) is 0 Å². The second kappa shape index (κ2) is 7.24. The zero-order valence-corrected chi connectivity index (χ0v) is 12.2. The van der Waals surface area contributed by atoms with E-state index >= 15 is 0 Å². The molecule has 0 saturated heterocycles. The first-order chi connectivity index (χ1) is 8.99. The highest BCUT2D eigenvalue weighted by Crippen LogP contribution is 2.36. The lowest BCUT2D eigenvalue weighted by Gasteiger charge is -2.16. The molecule has 1 N–H and O–H groups in total. The standard InChI is InChI=1S/C14H19ClO4/c1-4-5-9(2)8-19-13-11(15)6-10(14(16)17)7-12(13)18-3/h6-7,9H,4-5,8H2,1-3H3,(H,16,17). The fourth-order valence-electron chi connectivity index (χ4n) is 1.79. The van der Waals surface area contributed by atoms with Gasteiger partial charge in [0.05, 0.1) is 24.3 Å². The number of carboxylic acids is 1. The molecule has 0 heterocycles. The van der Waals surface area contributed by atoms with Gasteiger partial charge in [-0.05, 0) is 24.5 Å². The molecule has 1 aromatic rings. The Morgan fingerprint density at radius 3 is 2.68 bits per heavy atom. The number of aromatic carboxylic acids is 1. The summed E-state index contributed by atoms with van der Waals surface area (Å²) < 4.78 is 10.8. The number of carboxylic acid groups (broad SMARTS) is 1. The molecular formula is C14H19ClO4. The zero-order valence-electron chi connectivity index (χ0n) is 11.4. The summed E-state index contributed by atoms with van der Waals surface area (Å²) in [6.45, 7) is 4.73. The molecule has 0 radical (unpaired) electrons. The largest absolute Gasteiger partial charge is 0.493 e. The van der Waals surface area contributed by atoms with Gasteiger partial charge in [-0.15, -0.1) is 0 Å². The van der Waals surface area contributed by atoms with E-state index in [0.717, 1.165) is 12.8 Å². The predicted molar refractivity (Wildman–Crippen MR) is 74.5 cm³/mol. The molecule has 0 bridgehead atoms. The van der Waals surface area contributed by atoms with Crippen LogP contribution in [0.3, 0.4) is 0 Å². The van der Waals surface area contributed by atoms with Gasteiger partial charge in [0.15, 0.2) is 11.5 Å². The van der Waals surface area contributed by atoms with Crippen LogP contribution in [-0.4, -0.2) is 24.8 Å². The average molecular weight is 287 g/mol. The summed E-state index contributed by atoms with van der Waals surface area (Å²) in [5, 5.41) is 9.20. The van der Waals surface area contributed by atoms with Gasteiger partial charge in [-0.2, -0.15) is 0 Å². The Morgan fingerprint density at radius 1 is 1.47 bits per heavy atom. The zero-order chi connectivity index (χ0) is 14.4. The van der Waals surface area contributed by atoms with Gasteiger partial charge in [0, 0.05) is 0 Å². The molecule has 0 fully saturated rings.